The number of carbonyl (C=O) groups excluding carboxylic acids is 1. The van der Waals surface area contributed by atoms with Crippen LogP contribution < -0.4 is 4.74 Å². The van der Waals surface area contributed by atoms with Gasteiger partial charge in [0.2, 0.25) is 5.82 Å². The third-order valence-electron chi connectivity index (χ3n) is 1.75. The lowest BCUT2D eigenvalue weighted by Crippen LogP contribution is -2.25. The van der Waals surface area contributed by atoms with E-state index < -0.39 is 23.7 Å². The zero-order valence-electron chi connectivity index (χ0n) is 8.29. The Hall–Kier alpha value is -1.65. The highest BCUT2D eigenvalue weighted by Gasteiger charge is 2.18. The van der Waals surface area contributed by atoms with Crippen molar-refractivity contribution in [3.05, 3.63) is 29.8 Å². The van der Waals surface area contributed by atoms with Crippen molar-refractivity contribution in [2.24, 2.45) is 0 Å². The maximum absolute atomic E-state index is 13.1. The third-order valence-corrected chi connectivity index (χ3v) is 1.75. The SMILES string of the molecule is COC(=O)[C@@H](C)Oc1cccc(F)c1F. The fraction of sp³-hybridized carbons (Fsp3) is 0.300. The van der Waals surface area contributed by atoms with Gasteiger partial charge in [0.1, 0.15) is 0 Å². The van der Waals surface area contributed by atoms with E-state index in [9.17, 15) is 13.6 Å². The highest BCUT2D eigenvalue weighted by atomic mass is 19.2. The van der Waals surface area contributed by atoms with Gasteiger partial charge in [-0.2, -0.15) is 4.39 Å². The number of hydrogen-bond donors (Lipinski definition) is 0. The summed E-state index contributed by atoms with van der Waals surface area (Å²) in [5.74, 6) is -3.11. The van der Waals surface area contributed by atoms with Crippen molar-refractivity contribution >= 4 is 5.97 Å². The zero-order valence-corrected chi connectivity index (χ0v) is 8.29. The number of hydrogen-bond acceptors (Lipinski definition) is 3. The third kappa shape index (κ3) is 2.65. The van der Waals surface area contributed by atoms with Crippen LogP contribution in [0.1, 0.15) is 6.92 Å². The molecule has 15 heavy (non-hydrogen) atoms. The van der Waals surface area contributed by atoms with Crippen LogP contribution in [0.4, 0.5) is 8.78 Å². The predicted molar refractivity (Wildman–Crippen MR) is 48.5 cm³/mol. The molecule has 0 fully saturated rings. The minimum absolute atomic E-state index is 0.312. The first-order chi connectivity index (χ1) is 7.06. The van der Waals surface area contributed by atoms with Crippen LogP contribution in [0.3, 0.4) is 0 Å². The molecule has 1 aromatic carbocycles. The molecule has 0 aliphatic carbocycles. The number of methoxy groups -OCH3 is 1. The Morgan fingerprint density at radius 2 is 2.07 bits per heavy atom. The Morgan fingerprint density at radius 3 is 2.67 bits per heavy atom. The molecule has 0 aliphatic rings. The first-order valence-electron chi connectivity index (χ1n) is 4.24. The average Bonchev–Trinajstić information content (AvgIpc) is 2.23. The van der Waals surface area contributed by atoms with Crippen molar-refractivity contribution in [1.82, 2.24) is 0 Å². The standard InChI is InChI=1S/C10H10F2O3/c1-6(10(13)14-2)15-8-5-3-4-7(11)9(8)12/h3-6H,1-2H3/t6-/m1/s1. The molecule has 5 heteroatoms. The lowest BCUT2D eigenvalue weighted by molar-refractivity contribution is -0.148. The normalized spacial score (nSPS) is 12.0. The second kappa shape index (κ2) is 4.72. The van der Waals surface area contributed by atoms with Crippen LogP contribution in [0.5, 0.6) is 5.75 Å². The number of halogens is 2. The Kier molecular flexibility index (Phi) is 3.60. The van der Waals surface area contributed by atoms with Crippen LogP contribution >= 0.6 is 0 Å². The van der Waals surface area contributed by atoms with Crippen molar-refractivity contribution in [1.29, 1.82) is 0 Å². The molecule has 3 nitrogen and oxygen atoms in total. The van der Waals surface area contributed by atoms with Crippen LogP contribution in [0, 0.1) is 11.6 Å². The molecule has 1 rings (SSSR count). The van der Waals surface area contributed by atoms with E-state index in [0.29, 0.717) is 0 Å². The summed E-state index contributed by atoms with van der Waals surface area (Å²) in [6.45, 7) is 1.39. The molecule has 0 saturated carbocycles. The van der Waals surface area contributed by atoms with Gasteiger partial charge in [-0.3, -0.25) is 0 Å². The lowest BCUT2D eigenvalue weighted by atomic mass is 10.3. The summed E-state index contributed by atoms with van der Waals surface area (Å²) in [7, 11) is 1.18. The largest absolute Gasteiger partial charge is 0.476 e. The van der Waals surface area contributed by atoms with E-state index in [1.165, 1.54) is 26.2 Å². The van der Waals surface area contributed by atoms with Gasteiger partial charge >= 0.3 is 5.97 Å². The molecule has 0 amide bonds. The molecule has 0 aromatic heterocycles. The van der Waals surface area contributed by atoms with Gasteiger partial charge in [0.15, 0.2) is 17.7 Å². The maximum atomic E-state index is 13.1. The van der Waals surface area contributed by atoms with E-state index in [4.69, 9.17) is 4.74 Å². The van der Waals surface area contributed by atoms with Crippen molar-refractivity contribution in [2.75, 3.05) is 7.11 Å². The van der Waals surface area contributed by atoms with E-state index in [0.717, 1.165) is 6.07 Å². The molecule has 82 valence electrons. The minimum Gasteiger partial charge on any atom is -0.476 e. The Balaban J connectivity index is 2.81. The predicted octanol–water partition coefficient (Wildman–Crippen LogP) is 1.91. The van der Waals surface area contributed by atoms with Crippen LogP contribution in [0.15, 0.2) is 18.2 Å². The molecular weight excluding hydrogens is 206 g/mol. The summed E-state index contributed by atoms with van der Waals surface area (Å²) in [5.41, 5.74) is 0. The van der Waals surface area contributed by atoms with Gasteiger partial charge in [-0.05, 0) is 19.1 Å². The minimum atomic E-state index is -1.12. The summed E-state index contributed by atoms with van der Waals surface area (Å²) in [6, 6.07) is 3.49. The van der Waals surface area contributed by atoms with E-state index in [-0.39, 0.29) is 5.75 Å². The van der Waals surface area contributed by atoms with Crippen molar-refractivity contribution in [3.8, 4) is 5.75 Å². The van der Waals surface area contributed by atoms with Gasteiger partial charge in [0.05, 0.1) is 7.11 Å². The highest BCUT2D eigenvalue weighted by Crippen LogP contribution is 2.20. The highest BCUT2D eigenvalue weighted by molar-refractivity contribution is 5.74. The molecule has 0 radical (unpaired) electrons. The van der Waals surface area contributed by atoms with Crippen molar-refractivity contribution < 1.29 is 23.0 Å². The number of benzene rings is 1. The van der Waals surface area contributed by atoms with Gasteiger partial charge in [-0.25, -0.2) is 9.18 Å². The van der Waals surface area contributed by atoms with E-state index >= 15 is 0 Å². The van der Waals surface area contributed by atoms with Crippen LogP contribution in [-0.4, -0.2) is 19.2 Å². The van der Waals surface area contributed by atoms with Crippen molar-refractivity contribution in [2.45, 2.75) is 13.0 Å². The van der Waals surface area contributed by atoms with Crippen LogP contribution in [0.25, 0.3) is 0 Å². The summed E-state index contributed by atoms with van der Waals surface area (Å²) >= 11 is 0. The van der Waals surface area contributed by atoms with E-state index in [1.807, 2.05) is 0 Å². The monoisotopic (exact) mass is 216 g/mol. The van der Waals surface area contributed by atoms with Gasteiger partial charge in [-0.1, -0.05) is 6.07 Å². The quantitative estimate of drug-likeness (QED) is 0.724. The van der Waals surface area contributed by atoms with Gasteiger partial charge in [0.25, 0.3) is 0 Å². The fourth-order valence-corrected chi connectivity index (χ4v) is 0.980. The molecule has 0 saturated heterocycles. The molecule has 0 heterocycles. The smallest absolute Gasteiger partial charge is 0.346 e. The summed E-state index contributed by atoms with van der Waals surface area (Å²) in [4.78, 5) is 10.9. The number of rotatable bonds is 3. The Bertz CT molecular complexity index is 366. The van der Waals surface area contributed by atoms with Gasteiger partial charge in [0, 0.05) is 0 Å². The molecular formula is C10H10F2O3. The number of carbonyl (C=O) groups is 1. The molecule has 0 aliphatic heterocycles. The molecule has 1 atom stereocenters. The Labute approximate surface area is 85.6 Å². The topological polar surface area (TPSA) is 35.5 Å². The number of esters is 1. The van der Waals surface area contributed by atoms with Gasteiger partial charge in [-0.15, -0.1) is 0 Å². The van der Waals surface area contributed by atoms with E-state index in [1.54, 1.807) is 0 Å². The summed E-state index contributed by atoms with van der Waals surface area (Å²) in [6.07, 6.45) is -0.980. The molecule has 0 spiro atoms. The second-order valence-electron chi connectivity index (χ2n) is 2.84. The van der Waals surface area contributed by atoms with Crippen LogP contribution in [-0.2, 0) is 9.53 Å². The molecule has 0 unspecified atom stereocenters. The van der Waals surface area contributed by atoms with Crippen LogP contribution in [0.2, 0.25) is 0 Å². The maximum Gasteiger partial charge on any atom is 0.346 e. The molecule has 0 bridgehead atoms. The van der Waals surface area contributed by atoms with Gasteiger partial charge < -0.3 is 9.47 Å². The Morgan fingerprint density at radius 1 is 1.40 bits per heavy atom. The first-order valence-corrected chi connectivity index (χ1v) is 4.24. The lowest BCUT2D eigenvalue weighted by Gasteiger charge is -2.12. The average molecular weight is 216 g/mol. The number of ether oxygens (including phenoxy) is 2. The van der Waals surface area contributed by atoms with E-state index in [2.05, 4.69) is 4.74 Å². The van der Waals surface area contributed by atoms with Crippen molar-refractivity contribution in [3.63, 3.8) is 0 Å². The zero-order chi connectivity index (χ0) is 11.4. The summed E-state index contributed by atoms with van der Waals surface area (Å²) < 4.78 is 35.1. The molecule has 1 aromatic rings. The second-order valence-corrected chi connectivity index (χ2v) is 2.84. The first kappa shape index (κ1) is 11.4. The summed E-state index contributed by atoms with van der Waals surface area (Å²) in [5, 5.41) is 0. The molecule has 0 N–H and O–H groups in total. The fourth-order valence-electron chi connectivity index (χ4n) is 0.980.